The molecule has 0 unspecified atom stereocenters. The Bertz CT molecular complexity index is 1850. The number of hydrogen-bond donors (Lipinski definition) is 4. The number of aliphatic hydroxyl groups excluding tert-OH is 2. The molecule has 2 aliphatic rings. The number of ketones is 2. The minimum Gasteiger partial charge on any atom is -0.560 e. The van der Waals surface area contributed by atoms with E-state index in [9.17, 15) is 19.8 Å². The molecule has 1 radical (unpaired) electrons. The maximum Gasteiger partial charge on any atom is 0.304 e. The van der Waals surface area contributed by atoms with E-state index >= 15 is 0 Å². The Hall–Kier alpha value is -6.27. The summed E-state index contributed by atoms with van der Waals surface area (Å²) < 4.78 is 0. The molecule has 0 amide bonds. The Balaban J connectivity index is 0.000000441. The van der Waals surface area contributed by atoms with Gasteiger partial charge >= 0.3 is 5.62 Å². The summed E-state index contributed by atoms with van der Waals surface area (Å²) in [5.41, 5.74) is 2.52. The van der Waals surface area contributed by atoms with Crippen LogP contribution in [0.1, 0.15) is 60.4 Å². The zero-order valence-corrected chi connectivity index (χ0v) is 25.6. The summed E-state index contributed by atoms with van der Waals surface area (Å²) in [5, 5.41) is 53.0. The SMILES string of the molecule is C.CC1=C(C)C(=NN=c2[n-]c(C#N)c(C#N)[nH]2)C(O)=C(C)C1=O.[C-]#[N+]c1[n-]c(=NN=C2C(C)=C(C)C(=O)C(C)=C2O)[nH]c1[N+]#[C-].[Co]. The molecule has 2 aromatic heterocycles. The first-order valence-electron chi connectivity index (χ1n) is 12.4. The molecule has 16 nitrogen and oxygen atoms in total. The van der Waals surface area contributed by atoms with Crippen LogP contribution in [0.25, 0.3) is 9.69 Å². The first-order valence-corrected chi connectivity index (χ1v) is 12.4. The van der Waals surface area contributed by atoms with Crippen LogP contribution in [0.5, 0.6) is 0 Å². The quantitative estimate of drug-likeness (QED) is 0.210. The van der Waals surface area contributed by atoms with E-state index in [-0.39, 0.29) is 104 Å². The number of carbonyl (C=O) groups excluding carboxylic acids is 2. The average Bonchev–Trinajstić information content (AvgIpc) is 3.64. The molecule has 0 saturated heterocycles. The van der Waals surface area contributed by atoms with Gasteiger partial charge in [-0.2, -0.15) is 10.5 Å². The number of nitrogens with zero attached hydrogens (tertiary/aromatic N) is 10. The average molecular weight is 666 g/mol. The van der Waals surface area contributed by atoms with Crippen LogP contribution >= 0.6 is 0 Å². The van der Waals surface area contributed by atoms with Crippen molar-refractivity contribution in [1.29, 1.82) is 10.5 Å². The second kappa shape index (κ2) is 15.5. The van der Waals surface area contributed by atoms with Gasteiger partial charge in [-0.25, -0.2) is 11.7 Å². The second-order valence-electron chi connectivity index (χ2n) is 9.17. The van der Waals surface area contributed by atoms with Crippen molar-refractivity contribution in [1.82, 2.24) is 19.9 Å². The van der Waals surface area contributed by atoms with Gasteiger partial charge in [0.1, 0.15) is 35.1 Å². The normalized spacial score (nSPS) is 17.2. The standard InChI is InChI=1S/2C14H12N6O2.CH4.Co/c1-6-7(2)10(21)8(3)11(22)9(6)19-20-14-17-12(15-4)13(16-5)18-14;1-6-7(2)12(21)8(3)13(22)11(6)19-20-14-17-9(4-15)10(5-16)18-14;;/h2*1-3H3,(H3,17,18,19,20,21,22);1H4;/p-2. The molecule has 2 heterocycles. The van der Waals surface area contributed by atoms with E-state index in [1.807, 2.05) is 0 Å². The zero-order chi connectivity index (χ0) is 32.9. The fourth-order valence-corrected chi connectivity index (χ4v) is 3.74. The second-order valence-corrected chi connectivity index (χ2v) is 9.17. The minimum atomic E-state index is -0.246. The number of imidazole rings is 2. The van der Waals surface area contributed by atoms with Crippen molar-refractivity contribution in [3.63, 3.8) is 0 Å². The fourth-order valence-electron chi connectivity index (χ4n) is 3.74. The molecule has 0 atom stereocenters. The number of hydrogen-bond acceptors (Lipinski definition) is 10. The van der Waals surface area contributed by atoms with Gasteiger partial charge in [0.05, 0.1) is 17.2 Å². The Morgan fingerprint density at radius 2 is 1.15 bits per heavy atom. The molecular formula is C29H26CoN12O4-2. The third-order valence-electron chi connectivity index (χ3n) is 6.63. The van der Waals surface area contributed by atoms with Crippen LogP contribution in [0, 0.1) is 35.8 Å². The number of H-pyrrole nitrogens is 2. The molecule has 46 heavy (non-hydrogen) atoms. The molecule has 4 N–H and O–H groups in total. The van der Waals surface area contributed by atoms with Crippen molar-refractivity contribution in [2.75, 3.05) is 0 Å². The van der Waals surface area contributed by atoms with Gasteiger partial charge in [-0.15, -0.1) is 5.10 Å². The van der Waals surface area contributed by atoms with Crippen molar-refractivity contribution in [2.45, 2.75) is 49.0 Å². The number of Topliss-reactive ketones (excluding diaryl/α,β-unsaturated/α-hetero) is 2. The number of aromatic nitrogens is 4. The summed E-state index contributed by atoms with van der Waals surface area (Å²) in [4.78, 5) is 42.6. The molecule has 2 aromatic rings. The first-order chi connectivity index (χ1) is 20.8. The van der Waals surface area contributed by atoms with Crippen molar-refractivity contribution in [3.05, 3.63) is 90.4 Å². The number of aliphatic hydroxyl groups is 2. The molecule has 237 valence electrons. The molecule has 0 aliphatic heterocycles. The van der Waals surface area contributed by atoms with Crippen LogP contribution in [0.4, 0.5) is 11.6 Å². The van der Waals surface area contributed by atoms with Gasteiger partial charge in [0.2, 0.25) is 5.82 Å². The third-order valence-corrected chi connectivity index (χ3v) is 6.63. The summed E-state index contributed by atoms with van der Waals surface area (Å²) in [6, 6.07) is 3.54. The molecule has 4 rings (SSSR count). The Labute approximate surface area is 273 Å². The monoisotopic (exact) mass is 665 g/mol. The van der Waals surface area contributed by atoms with Gasteiger partial charge in [0.15, 0.2) is 11.6 Å². The van der Waals surface area contributed by atoms with Crippen molar-refractivity contribution in [3.8, 4) is 12.1 Å². The van der Waals surface area contributed by atoms with Gasteiger partial charge in [0, 0.05) is 44.7 Å². The number of rotatable bonds is 2. The van der Waals surface area contributed by atoms with Crippen molar-refractivity contribution >= 4 is 34.6 Å². The summed E-state index contributed by atoms with van der Waals surface area (Å²) in [5.74, 6) is -1.08. The molecule has 17 heteroatoms. The number of carbonyl (C=O) groups is 2. The fraction of sp³-hybridized carbons (Fsp3) is 0.241. The van der Waals surface area contributed by atoms with E-state index in [1.54, 1.807) is 39.8 Å². The van der Waals surface area contributed by atoms with E-state index in [0.29, 0.717) is 22.3 Å². The summed E-state index contributed by atoms with van der Waals surface area (Å²) in [6.45, 7) is 23.4. The van der Waals surface area contributed by atoms with Gasteiger partial charge < -0.3 is 29.9 Å². The number of nitrogens with one attached hydrogen (secondary N) is 2. The Morgan fingerprint density at radius 3 is 1.50 bits per heavy atom. The molecule has 2 aliphatic carbocycles. The maximum atomic E-state index is 11.8. The van der Waals surface area contributed by atoms with Crippen LogP contribution in [-0.4, -0.2) is 43.2 Å². The molecular weight excluding hydrogens is 639 g/mol. The largest absolute Gasteiger partial charge is 0.560 e. The van der Waals surface area contributed by atoms with Gasteiger partial charge in [-0.3, -0.25) is 24.7 Å². The van der Waals surface area contributed by atoms with Crippen LogP contribution in [0.15, 0.2) is 65.4 Å². The number of aromatic amines is 2. The molecule has 0 bridgehead atoms. The van der Waals surface area contributed by atoms with Gasteiger partial charge in [0.25, 0.3) is 0 Å². The smallest absolute Gasteiger partial charge is 0.304 e. The van der Waals surface area contributed by atoms with E-state index in [0.717, 1.165) is 0 Å². The minimum absolute atomic E-state index is 0. The molecule has 0 aromatic carbocycles. The predicted molar refractivity (Wildman–Crippen MR) is 160 cm³/mol. The predicted octanol–water partition coefficient (Wildman–Crippen LogP) is 3.44. The number of nitriles is 2. The Kier molecular flexibility index (Phi) is 12.7. The van der Waals surface area contributed by atoms with E-state index in [2.05, 4.69) is 50.0 Å². The van der Waals surface area contributed by atoms with Crippen LogP contribution in [0.3, 0.4) is 0 Å². The molecule has 0 fully saturated rings. The van der Waals surface area contributed by atoms with Crippen LogP contribution < -0.4 is 21.2 Å². The topological polar surface area (TPSA) is 240 Å². The molecule has 0 spiro atoms. The van der Waals surface area contributed by atoms with E-state index in [1.165, 1.54) is 13.8 Å². The maximum absolute atomic E-state index is 11.8. The summed E-state index contributed by atoms with van der Waals surface area (Å²) in [7, 11) is 0. The summed E-state index contributed by atoms with van der Waals surface area (Å²) in [6.07, 6.45) is 0. The zero-order valence-electron chi connectivity index (χ0n) is 24.5. The van der Waals surface area contributed by atoms with Crippen LogP contribution in [-0.2, 0) is 26.4 Å². The summed E-state index contributed by atoms with van der Waals surface area (Å²) >= 11 is 0. The van der Waals surface area contributed by atoms with E-state index in [4.69, 9.17) is 23.7 Å². The first kappa shape index (κ1) is 37.8. The number of allylic oxidation sites excluding steroid dienone is 6. The molecule has 0 saturated carbocycles. The third kappa shape index (κ3) is 7.26. The van der Waals surface area contributed by atoms with Crippen molar-refractivity contribution < 1.29 is 36.6 Å². The Morgan fingerprint density at radius 1 is 0.696 bits per heavy atom. The van der Waals surface area contributed by atoms with Gasteiger partial charge in [-0.05, 0) is 52.7 Å². The van der Waals surface area contributed by atoms with E-state index < -0.39 is 0 Å². The van der Waals surface area contributed by atoms with Gasteiger partial charge in [-0.1, -0.05) is 19.1 Å². The van der Waals surface area contributed by atoms with Crippen molar-refractivity contribution in [2.24, 2.45) is 20.4 Å². The van der Waals surface area contributed by atoms with Crippen LogP contribution in [0.2, 0.25) is 0 Å².